The van der Waals surface area contributed by atoms with E-state index in [0.717, 1.165) is 10.6 Å². The zero-order valence-corrected chi connectivity index (χ0v) is 20.2. The summed E-state index contributed by atoms with van der Waals surface area (Å²) in [7, 11) is -7.64. The SMILES string of the molecule is C[C@H](C(=O)Nc1ccc(S(=O)(=O)Nc2ccccc2Cl)cc1)N(c1ccccc1)S(C)(=O)=O. The van der Waals surface area contributed by atoms with Gasteiger partial charge in [0.25, 0.3) is 10.0 Å². The fraction of sp³-hybridized carbons (Fsp3) is 0.136. The van der Waals surface area contributed by atoms with Crippen molar-refractivity contribution in [3.63, 3.8) is 0 Å². The predicted octanol–water partition coefficient (Wildman–Crippen LogP) is 3.93. The molecular weight excluding hydrogens is 486 g/mol. The predicted molar refractivity (Wildman–Crippen MR) is 131 cm³/mol. The lowest BCUT2D eigenvalue weighted by Crippen LogP contribution is -2.45. The molecule has 2 N–H and O–H groups in total. The third-order valence-electron chi connectivity index (χ3n) is 4.65. The Kier molecular flexibility index (Phi) is 7.31. The van der Waals surface area contributed by atoms with E-state index in [4.69, 9.17) is 11.6 Å². The molecule has 3 aromatic carbocycles. The minimum absolute atomic E-state index is 0.0319. The highest BCUT2D eigenvalue weighted by molar-refractivity contribution is 7.92. The van der Waals surface area contributed by atoms with Crippen LogP contribution in [-0.4, -0.2) is 35.0 Å². The number of para-hydroxylation sites is 2. The van der Waals surface area contributed by atoms with Crippen LogP contribution in [0.15, 0.2) is 83.8 Å². The molecule has 0 aliphatic heterocycles. The van der Waals surface area contributed by atoms with Gasteiger partial charge in [-0.25, -0.2) is 16.8 Å². The summed E-state index contributed by atoms with van der Waals surface area (Å²) in [5.41, 5.74) is 0.909. The zero-order chi connectivity index (χ0) is 24.2. The molecule has 11 heteroatoms. The summed E-state index contributed by atoms with van der Waals surface area (Å²) in [6, 6.07) is 19.1. The molecule has 3 aromatic rings. The smallest absolute Gasteiger partial charge is 0.261 e. The molecule has 0 saturated heterocycles. The van der Waals surface area contributed by atoms with Gasteiger partial charge >= 0.3 is 0 Å². The van der Waals surface area contributed by atoms with Gasteiger partial charge in [-0.3, -0.25) is 13.8 Å². The number of sulfonamides is 2. The Labute approximate surface area is 198 Å². The van der Waals surface area contributed by atoms with Crippen molar-refractivity contribution in [1.29, 1.82) is 0 Å². The number of anilines is 3. The monoisotopic (exact) mass is 507 g/mol. The number of carbonyl (C=O) groups is 1. The second-order valence-corrected chi connectivity index (χ2v) is 11.1. The summed E-state index contributed by atoms with van der Waals surface area (Å²) in [5, 5.41) is 2.88. The number of nitrogens with zero attached hydrogens (tertiary/aromatic N) is 1. The standard InChI is InChI=1S/C22H22ClN3O5S2/c1-16(26(32(2,28)29)18-8-4-3-5-9-18)22(27)24-17-12-14-19(15-13-17)33(30,31)25-21-11-7-6-10-20(21)23/h3-16,25H,1-2H3,(H,24,27)/t16-/m1/s1. The molecule has 174 valence electrons. The van der Waals surface area contributed by atoms with Crippen LogP contribution >= 0.6 is 11.6 Å². The van der Waals surface area contributed by atoms with Crippen LogP contribution in [0.4, 0.5) is 17.1 Å². The first-order chi connectivity index (χ1) is 15.5. The molecule has 0 saturated carbocycles. The molecule has 0 aliphatic carbocycles. The maximum Gasteiger partial charge on any atom is 0.261 e. The van der Waals surface area contributed by atoms with Gasteiger partial charge in [-0.05, 0) is 55.5 Å². The molecule has 0 aliphatic rings. The summed E-state index contributed by atoms with van der Waals surface area (Å²) in [6.45, 7) is 1.47. The Morgan fingerprint density at radius 3 is 2.03 bits per heavy atom. The Morgan fingerprint density at radius 1 is 0.879 bits per heavy atom. The Balaban J connectivity index is 1.76. The van der Waals surface area contributed by atoms with Crippen molar-refractivity contribution in [1.82, 2.24) is 0 Å². The third kappa shape index (κ3) is 6.04. The van der Waals surface area contributed by atoms with Gasteiger partial charge in [0, 0.05) is 5.69 Å². The van der Waals surface area contributed by atoms with Gasteiger partial charge in [-0.15, -0.1) is 0 Å². The number of carbonyl (C=O) groups excluding carboxylic acids is 1. The van der Waals surface area contributed by atoms with Crippen molar-refractivity contribution in [2.75, 3.05) is 20.6 Å². The summed E-state index contributed by atoms with van der Waals surface area (Å²) in [5.74, 6) is -0.575. The number of hydrogen-bond donors (Lipinski definition) is 2. The second kappa shape index (κ2) is 9.82. The van der Waals surface area contributed by atoms with Crippen LogP contribution in [0, 0.1) is 0 Å². The third-order valence-corrected chi connectivity index (χ3v) is 7.60. The Hall–Kier alpha value is -3.08. The highest BCUT2D eigenvalue weighted by Crippen LogP contribution is 2.25. The maximum atomic E-state index is 12.8. The van der Waals surface area contributed by atoms with Crippen LogP contribution in [0.25, 0.3) is 0 Å². The number of amides is 1. The highest BCUT2D eigenvalue weighted by Gasteiger charge is 2.29. The van der Waals surface area contributed by atoms with Gasteiger partial charge in [-0.2, -0.15) is 0 Å². The average Bonchev–Trinajstić information content (AvgIpc) is 2.75. The maximum absolute atomic E-state index is 12.8. The molecule has 8 nitrogen and oxygen atoms in total. The molecule has 0 bridgehead atoms. The number of hydrogen-bond acceptors (Lipinski definition) is 5. The lowest BCUT2D eigenvalue weighted by molar-refractivity contribution is -0.116. The van der Waals surface area contributed by atoms with E-state index in [2.05, 4.69) is 10.0 Å². The topological polar surface area (TPSA) is 113 Å². The fourth-order valence-corrected chi connectivity index (χ4v) is 5.59. The largest absolute Gasteiger partial charge is 0.324 e. The van der Waals surface area contributed by atoms with Crippen LogP contribution < -0.4 is 14.3 Å². The van der Waals surface area contributed by atoms with Crippen molar-refractivity contribution in [2.45, 2.75) is 17.9 Å². The minimum atomic E-state index is -3.90. The van der Waals surface area contributed by atoms with E-state index in [1.54, 1.807) is 48.5 Å². The zero-order valence-electron chi connectivity index (χ0n) is 17.8. The van der Waals surface area contributed by atoms with E-state index in [-0.39, 0.29) is 15.6 Å². The molecule has 0 spiro atoms. The van der Waals surface area contributed by atoms with E-state index in [9.17, 15) is 21.6 Å². The molecule has 1 atom stereocenters. The molecule has 0 unspecified atom stereocenters. The lowest BCUT2D eigenvalue weighted by atomic mass is 10.2. The molecular formula is C22H22ClN3O5S2. The molecule has 33 heavy (non-hydrogen) atoms. The molecule has 1 amide bonds. The molecule has 0 radical (unpaired) electrons. The molecule has 0 heterocycles. The van der Waals surface area contributed by atoms with Crippen molar-refractivity contribution in [2.24, 2.45) is 0 Å². The number of halogens is 1. The van der Waals surface area contributed by atoms with Gasteiger partial charge in [0.1, 0.15) is 6.04 Å². The van der Waals surface area contributed by atoms with Crippen LogP contribution in [0.2, 0.25) is 5.02 Å². The van der Waals surface area contributed by atoms with Crippen LogP contribution in [-0.2, 0) is 24.8 Å². The molecule has 0 aromatic heterocycles. The summed E-state index contributed by atoms with van der Waals surface area (Å²) < 4.78 is 53.3. The number of nitrogens with one attached hydrogen (secondary N) is 2. The first kappa shape index (κ1) is 24.6. The Bertz CT molecular complexity index is 1350. The number of benzene rings is 3. The van der Waals surface area contributed by atoms with Gasteiger partial charge in [0.15, 0.2) is 0 Å². The van der Waals surface area contributed by atoms with Gasteiger partial charge in [0.05, 0.1) is 27.5 Å². The van der Waals surface area contributed by atoms with Crippen LogP contribution in [0.5, 0.6) is 0 Å². The van der Waals surface area contributed by atoms with Gasteiger partial charge in [0.2, 0.25) is 15.9 Å². The minimum Gasteiger partial charge on any atom is -0.324 e. The second-order valence-electron chi connectivity index (χ2n) is 7.17. The van der Waals surface area contributed by atoms with Crippen LogP contribution in [0.1, 0.15) is 6.92 Å². The fourth-order valence-electron chi connectivity index (χ4n) is 3.10. The van der Waals surface area contributed by atoms with Crippen molar-refractivity contribution < 1.29 is 21.6 Å². The quantitative estimate of drug-likeness (QED) is 0.479. The van der Waals surface area contributed by atoms with E-state index in [1.165, 1.54) is 37.3 Å². The summed E-state index contributed by atoms with van der Waals surface area (Å²) in [6.07, 6.45) is 1.02. The normalized spacial score (nSPS) is 12.6. The van der Waals surface area contributed by atoms with Crippen molar-refractivity contribution in [3.8, 4) is 0 Å². The van der Waals surface area contributed by atoms with Crippen LogP contribution in [0.3, 0.4) is 0 Å². The van der Waals surface area contributed by atoms with Gasteiger partial charge in [-0.1, -0.05) is 41.9 Å². The highest BCUT2D eigenvalue weighted by atomic mass is 35.5. The first-order valence-electron chi connectivity index (χ1n) is 9.72. The summed E-state index contributed by atoms with van der Waals surface area (Å²) >= 11 is 6.01. The van der Waals surface area contributed by atoms with E-state index >= 15 is 0 Å². The van der Waals surface area contributed by atoms with Gasteiger partial charge < -0.3 is 5.32 Å². The van der Waals surface area contributed by atoms with E-state index < -0.39 is 32.0 Å². The Morgan fingerprint density at radius 2 is 1.45 bits per heavy atom. The average molecular weight is 508 g/mol. The molecule has 3 rings (SSSR count). The summed E-state index contributed by atoms with van der Waals surface area (Å²) in [4.78, 5) is 12.7. The molecule has 0 fully saturated rings. The van der Waals surface area contributed by atoms with Crippen molar-refractivity contribution >= 4 is 54.6 Å². The van der Waals surface area contributed by atoms with Crippen molar-refractivity contribution in [3.05, 3.63) is 83.9 Å². The lowest BCUT2D eigenvalue weighted by Gasteiger charge is -2.28. The number of rotatable bonds is 8. The first-order valence-corrected chi connectivity index (χ1v) is 13.4. The van der Waals surface area contributed by atoms with E-state index in [0.29, 0.717) is 11.4 Å². The van der Waals surface area contributed by atoms with E-state index in [1.807, 2.05) is 0 Å².